The van der Waals surface area contributed by atoms with E-state index in [9.17, 15) is 24.0 Å². The number of nitrogens with zero attached hydrogens (tertiary/aromatic N) is 2. The molecule has 0 aliphatic carbocycles. The van der Waals surface area contributed by atoms with Crippen LogP contribution in [0.15, 0.2) is 12.1 Å². The Morgan fingerprint density at radius 2 is 1.71 bits per heavy atom. The Balaban J connectivity index is 2.96. The van der Waals surface area contributed by atoms with E-state index in [0.717, 1.165) is 6.07 Å². The molecule has 1 aromatic rings. The summed E-state index contributed by atoms with van der Waals surface area (Å²) in [4.78, 5) is 37.3. The van der Waals surface area contributed by atoms with Gasteiger partial charge in [-0.3, -0.25) is 0 Å². The first-order valence-corrected chi connectivity index (χ1v) is 11.1. The number of rotatable bonds is 7. The van der Waals surface area contributed by atoms with Crippen molar-refractivity contribution in [2.24, 2.45) is 0 Å². The summed E-state index contributed by atoms with van der Waals surface area (Å²) >= 11 is 0. The maximum absolute atomic E-state index is 14.4. The second-order valence-electron chi connectivity index (χ2n) is 9.67. The third-order valence-electron chi connectivity index (χ3n) is 4.14. The van der Waals surface area contributed by atoms with Crippen molar-refractivity contribution in [2.45, 2.75) is 79.2 Å². The van der Waals surface area contributed by atoms with E-state index in [2.05, 4.69) is 10.1 Å². The first kappa shape index (κ1) is 29.5. The lowest BCUT2D eigenvalue weighted by Gasteiger charge is -2.28. The highest BCUT2D eigenvalue weighted by molar-refractivity contribution is 5.80. The van der Waals surface area contributed by atoms with Crippen molar-refractivity contribution in [1.82, 2.24) is 10.2 Å². The predicted octanol–water partition coefficient (Wildman–Crippen LogP) is 4.88. The van der Waals surface area contributed by atoms with Gasteiger partial charge < -0.3 is 29.2 Å². The van der Waals surface area contributed by atoms with E-state index in [1.807, 2.05) is 6.07 Å². The van der Waals surface area contributed by atoms with E-state index in [-0.39, 0.29) is 36.5 Å². The lowest BCUT2D eigenvalue weighted by atomic mass is 10.1. The number of amides is 2. The molecule has 10 nitrogen and oxygen atoms in total. The molecule has 194 valence electrons. The number of nitriles is 1. The standard InChI is InChI=1S/C24H34FN3O7/c1-9-28(21(30)34-23(3,4)5)14-17-16(12-26)18(25)10-11-19(17)32-15(2)13-27-20(29)33-22(31)35-24(6,7)8/h10-11,15H,9,13-14H2,1-8H3,(H,27,29). The highest BCUT2D eigenvalue weighted by Gasteiger charge is 2.25. The van der Waals surface area contributed by atoms with Gasteiger partial charge in [-0.05, 0) is 67.5 Å². The molecule has 0 aliphatic heterocycles. The van der Waals surface area contributed by atoms with Crippen molar-refractivity contribution in [1.29, 1.82) is 5.26 Å². The average Bonchev–Trinajstić information content (AvgIpc) is 2.69. The minimum Gasteiger partial charge on any atom is -0.488 e. The van der Waals surface area contributed by atoms with Gasteiger partial charge in [-0.1, -0.05) is 0 Å². The molecule has 1 unspecified atom stereocenters. The third-order valence-corrected chi connectivity index (χ3v) is 4.14. The van der Waals surface area contributed by atoms with Crippen LogP contribution < -0.4 is 10.1 Å². The molecule has 1 aromatic carbocycles. The molecule has 0 spiro atoms. The predicted molar refractivity (Wildman–Crippen MR) is 124 cm³/mol. The van der Waals surface area contributed by atoms with Gasteiger partial charge in [0.1, 0.15) is 34.9 Å². The molecule has 0 saturated heterocycles. The summed E-state index contributed by atoms with van der Waals surface area (Å²) in [6, 6.07) is 4.23. The van der Waals surface area contributed by atoms with Crippen LogP contribution in [0.2, 0.25) is 0 Å². The zero-order valence-electron chi connectivity index (χ0n) is 21.5. The smallest absolute Gasteiger partial charge is 0.488 e. The van der Waals surface area contributed by atoms with Crippen molar-refractivity contribution >= 4 is 18.3 Å². The van der Waals surface area contributed by atoms with Crippen molar-refractivity contribution in [2.75, 3.05) is 13.1 Å². The Bertz CT molecular complexity index is 962. The molecule has 0 heterocycles. The summed E-state index contributed by atoms with van der Waals surface area (Å²) in [5.74, 6) is -0.610. The number of ether oxygens (including phenoxy) is 4. The highest BCUT2D eigenvalue weighted by atomic mass is 19.1. The number of hydrogen-bond donors (Lipinski definition) is 1. The van der Waals surface area contributed by atoms with E-state index in [1.165, 1.54) is 11.0 Å². The van der Waals surface area contributed by atoms with Crippen LogP contribution in [0.3, 0.4) is 0 Å². The number of benzene rings is 1. The first-order chi connectivity index (χ1) is 16.1. The number of carbonyl (C=O) groups is 3. The molecular weight excluding hydrogens is 461 g/mol. The molecule has 0 saturated carbocycles. The van der Waals surface area contributed by atoms with E-state index in [1.54, 1.807) is 55.4 Å². The molecule has 0 radical (unpaired) electrons. The van der Waals surface area contributed by atoms with Crippen LogP contribution in [0, 0.1) is 17.1 Å². The van der Waals surface area contributed by atoms with E-state index in [0.29, 0.717) is 0 Å². The quantitative estimate of drug-likeness (QED) is 0.419. The fraction of sp³-hybridized carbons (Fsp3) is 0.583. The molecular formula is C24H34FN3O7. The van der Waals surface area contributed by atoms with Crippen LogP contribution in [0.1, 0.15) is 66.5 Å². The fourth-order valence-electron chi connectivity index (χ4n) is 2.68. The Morgan fingerprint density at radius 1 is 1.11 bits per heavy atom. The number of hydrogen-bond acceptors (Lipinski definition) is 8. The van der Waals surface area contributed by atoms with Gasteiger partial charge in [0.05, 0.1) is 18.7 Å². The maximum Gasteiger partial charge on any atom is 0.517 e. The molecule has 35 heavy (non-hydrogen) atoms. The lowest BCUT2D eigenvalue weighted by Crippen LogP contribution is -2.37. The van der Waals surface area contributed by atoms with Crippen LogP contribution >= 0.6 is 0 Å². The van der Waals surface area contributed by atoms with Crippen LogP contribution in [-0.4, -0.2) is 53.6 Å². The minimum atomic E-state index is -1.15. The second-order valence-corrected chi connectivity index (χ2v) is 9.67. The maximum atomic E-state index is 14.4. The topological polar surface area (TPSA) is 127 Å². The average molecular weight is 496 g/mol. The van der Waals surface area contributed by atoms with Gasteiger partial charge in [-0.25, -0.2) is 18.8 Å². The number of alkyl carbamates (subject to hydrolysis) is 1. The fourth-order valence-corrected chi connectivity index (χ4v) is 2.68. The van der Waals surface area contributed by atoms with Gasteiger partial charge in [0.2, 0.25) is 0 Å². The van der Waals surface area contributed by atoms with Gasteiger partial charge >= 0.3 is 18.3 Å². The summed E-state index contributed by atoms with van der Waals surface area (Å²) in [6.45, 7) is 13.4. The minimum absolute atomic E-state index is 0.0795. The summed E-state index contributed by atoms with van der Waals surface area (Å²) in [6.07, 6.45) is -3.48. The molecule has 1 atom stereocenters. The van der Waals surface area contributed by atoms with E-state index < -0.39 is 41.5 Å². The SMILES string of the molecule is CCN(Cc1c(OC(C)CNC(=O)OC(=O)OC(C)(C)C)ccc(F)c1C#N)C(=O)OC(C)(C)C. The van der Waals surface area contributed by atoms with Gasteiger partial charge in [0.15, 0.2) is 0 Å². The Kier molecular flexibility index (Phi) is 10.3. The zero-order valence-corrected chi connectivity index (χ0v) is 21.5. The van der Waals surface area contributed by atoms with Crippen molar-refractivity contribution in [3.05, 3.63) is 29.1 Å². The summed E-state index contributed by atoms with van der Waals surface area (Å²) < 4.78 is 35.0. The monoisotopic (exact) mass is 495 g/mol. The van der Waals surface area contributed by atoms with Gasteiger partial charge in [-0.15, -0.1) is 0 Å². The number of nitrogens with one attached hydrogen (secondary N) is 1. The van der Waals surface area contributed by atoms with E-state index in [4.69, 9.17) is 14.2 Å². The van der Waals surface area contributed by atoms with Crippen LogP contribution in [0.4, 0.5) is 18.8 Å². The Morgan fingerprint density at radius 3 is 2.23 bits per heavy atom. The molecule has 0 fully saturated rings. The first-order valence-electron chi connectivity index (χ1n) is 11.1. The van der Waals surface area contributed by atoms with Crippen molar-refractivity contribution < 1.29 is 37.7 Å². The van der Waals surface area contributed by atoms with Gasteiger partial charge in [-0.2, -0.15) is 5.26 Å². The molecule has 1 N–H and O–H groups in total. The molecule has 0 aromatic heterocycles. The molecule has 1 rings (SSSR count). The van der Waals surface area contributed by atoms with Crippen molar-refractivity contribution in [3.8, 4) is 11.8 Å². The molecule has 0 aliphatic rings. The molecule has 2 amide bonds. The summed E-state index contributed by atoms with van der Waals surface area (Å²) in [5.41, 5.74) is -1.67. The highest BCUT2D eigenvalue weighted by Crippen LogP contribution is 2.28. The lowest BCUT2D eigenvalue weighted by molar-refractivity contribution is 0.00847. The summed E-state index contributed by atoms with van der Waals surface area (Å²) in [7, 11) is 0. The van der Waals surface area contributed by atoms with Crippen molar-refractivity contribution in [3.63, 3.8) is 0 Å². The van der Waals surface area contributed by atoms with E-state index >= 15 is 0 Å². The number of halogens is 1. The largest absolute Gasteiger partial charge is 0.517 e. The number of carbonyl (C=O) groups excluding carboxylic acids is 3. The third kappa shape index (κ3) is 10.5. The Hall–Kier alpha value is -3.55. The zero-order chi connectivity index (χ0) is 27.0. The van der Waals surface area contributed by atoms with Crippen LogP contribution in [-0.2, 0) is 20.8 Å². The Labute approximate surface area is 205 Å². The molecule has 11 heteroatoms. The summed E-state index contributed by atoms with van der Waals surface area (Å²) in [5, 5.41) is 11.9. The molecule has 0 bridgehead atoms. The second kappa shape index (κ2) is 12.2. The van der Waals surface area contributed by atoms with Gasteiger partial charge in [0, 0.05) is 12.1 Å². The van der Waals surface area contributed by atoms with Crippen LogP contribution in [0.5, 0.6) is 5.75 Å². The van der Waals surface area contributed by atoms with Crippen LogP contribution in [0.25, 0.3) is 0 Å². The normalized spacial score (nSPS) is 12.1. The van der Waals surface area contributed by atoms with Gasteiger partial charge in [0.25, 0.3) is 0 Å².